The van der Waals surface area contributed by atoms with Crippen molar-refractivity contribution >= 4 is 17.9 Å². The van der Waals surface area contributed by atoms with Crippen LogP contribution >= 0.6 is 0 Å². The van der Waals surface area contributed by atoms with Crippen molar-refractivity contribution in [1.82, 2.24) is 0 Å². The first-order valence-electron chi connectivity index (χ1n) is 24.7. The number of aliphatic carboxylic acids is 1. The molecule has 2 atom stereocenters. The number of nitrogens with zero attached hydrogens (tertiary/aromatic N) is 1. The van der Waals surface area contributed by atoms with Gasteiger partial charge in [0.2, 0.25) is 0 Å². The molecule has 9 heteroatoms. The van der Waals surface area contributed by atoms with Crippen molar-refractivity contribution in [3.63, 3.8) is 0 Å². The second kappa shape index (κ2) is 45.1. The van der Waals surface area contributed by atoms with E-state index < -0.39 is 24.3 Å². The van der Waals surface area contributed by atoms with Crippen LogP contribution in [0.3, 0.4) is 0 Å². The first-order chi connectivity index (χ1) is 30.6. The number of carboxylic acid groups (broad SMARTS) is 1. The third kappa shape index (κ3) is 46.3. The molecule has 0 bridgehead atoms. The van der Waals surface area contributed by atoms with Crippen LogP contribution in [0.5, 0.6) is 0 Å². The van der Waals surface area contributed by atoms with Crippen LogP contribution in [-0.4, -0.2) is 82.3 Å². The molecule has 0 spiro atoms. The van der Waals surface area contributed by atoms with Gasteiger partial charge in [0.15, 0.2) is 12.4 Å². The highest BCUT2D eigenvalue weighted by atomic mass is 16.7. The van der Waals surface area contributed by atoms with Crippen molar-refractivity contribution in [3.8, 4) is 0 Å². The van der Waals surface area contributed by atoms with Crippen molar-refractivity contribution in [2.24, 2.45) is 0 Å². The number of ether oxygens (including phenoxy) is 4. The molecule has 0 fully saturated rings. The summed E-state index contributed by atoms with van der Waals surface area (Å²) in [7, 11) is 5.89. The molecule has 0 aromatic heterocycles. The number of hydrogen-bond acceptors (Lipinski definition) is 8. The number of unbranched alkanes of at least 4 members (excludes halogenated alkanes) is 15. The van der Waals surface area contributed by atoms with Crippen LogP contribution in [0, 0.1) is 0 Å². The first kappa shape index (κ1) is 59.5. The van der Waals surface area contributed by atoms with Gasteiger partial charge in [0.1, 0.15) is 13.2 Å². The smallest absolute Gasteiger partial charge is 0.306 e. The number of carboxylic acids is 1. The van der Waals surface area contributed by atoms with Gasteiger partial charge in [0, 0.05) is 12.8 Å². The first-order valence-corrected chi connectivity index (χ1v) is 24.7. The molecule has 0 aliphatic carbocycles. The van der Waals surface area contributed by atoms with E-state index in [2.05, 4.69) is 98.9 Å². The lowest BCUT2D eigenvalue weighted by molar-refractivity contribution is -0.870. The Morgan fingerprint density at radius 1 is 0.492 bits per heavy atom. The van der Waals surface area contributed by atoms with E-state index in [0.29, 0.717) is 17.4 Å². The molecule has 63 heavy (non-hydrogen) atoms. The van der Waals surface area contributed by atoms with Crippen molar-refractivity contribution in [2.45, 2.75) is 193 Å². The highest BCUT2D eigenvalue weighted by Crippen LogP contribution is 2.12. The normalized spacial score (nSPS) is 13.6. The fourth-order valence-corrected chi connectivity index (χ4v) is 6.30. The molecule has 9 nitrogen and oxygen atoms in total. The van der Waals surface area contributed by atoms with Crippen LogP contribution in [0.1, 0.15) is 181 Å². The fourth-order valence-electron chi connectivity index (χ4n) is 6.30. The summed E-state index contributed by atoms with van der Waals surface area (Å²) in [5, 5.41) is 11.7. The van der Waals surface area contributed by atoms with Crippen molar-refractivity contribution < 1.29 is 42.9 Å². The van der Waals surface area contributed by atoms with Crippen molar-refractivity contribution in [1.29, 1.82) is 0 Å². The molecule has 0 saturated heterocycles. The van der Waals surface area contributed by atoms with Crippen LogP contribution in [0.4, 0.5) is 0 Å². The quantitative estimate of drug-likeness (QED) is 0.0196. The van der Waals surface area contributed by atoms with E-state index in [9.17, 15) is 19.5 Å². The molecule has 0 aromatic rings. The zero-order valence-corrected chi connectivity index (χ0v) is 40.7. The predicted molar refractivity (Wildman–Crippen MR) is 260 cm³/mol. The fraction of sp³-hybridized carbons (Fsp3) is 0.685. The van der Waals surface area contributed by atoms with Gasteiger partial charge in [-0.3, -0.25) is 9.59 Å². The summed E-state index contributed by atoms with van der Waals surface area (Å²) >= 11 is 0. The van der Waals surface area contributed by atoms with Gasteiger partial charge in [-0.05, 0) is 89.9 Å². The minimum atomic E-state index is -1.64. The van der Waals surface area contributed by atoms with E-state index in [0.717, 1.165) is 103 Å². The molecule has 0 rings (SSSR count). The number of rotatable bonds is 44. The lowest BCUT2D eigenvalue weighted by Gasteiger charge is -2.26. The Balaban J connectivity index is 4.45. The third-order valence-electron chi connectivity index (χ3n) is 10.1. The lowest BCUT2D eigenvalue weighted by atomic mass is 10.1. The maximum absolute atomic E-state index is 12.8. The van der Waals surface area contributed by atoms with Gasteiger partial charge in [-0.15, -0.1) is 0 Å². The molecule has 0 heterocycles. The Hall–Kier alpha value is -3.53. The third-order valence-corrected chi connectivity index (χ3v) is 10.1. The molecule has 0 amide bonds. The largest absolute Gasteiger partial charge is 0.545 e. The Bertz CT molecular complexity index is 1300. The molecule has 2 unspecified atom stereocenters. The van der Waals surface area contributed by atoms with E-state index in [1.807, 2.05) is 21.1 Å². The van der Waals surface area contributed by atoms with E-state index in [-0.39, 0.29) is 38.6 Å². The zero-order valence-electron chi connectivity index (χ0n) is 40.7. The van der Waals surface area contributed by atoms with E-state index in [4.69, 9.17) is 18.9 Å². The van der Waals surface area contributed by atoms with Gasteiger partial charge < -0.3 is 33.3 Å². The summed E-state index contributed by atoms with van der Waals surface area (Å²) in [6.45, 7) is 4.55. The van der Waals surface area contributed by atoms with Crippen molar-refractivity contribution in [3.05, 3.63) is 85.1 Å². The van der Waals surface area contributed by atoms with Gasteiger partial charge in [-0.25, -0.2) is 0 Å². The van der Waals surface area contributed by atoms with Crippen molar-refractivity contribution in [2.75, 3.05) is 47.5 Å². The molecular formula is C54H91NO8. The molecule has 0 aromatic carbocycles. The monoisotopic (exact) mass is 882 g/mol. The lowest BCUT2D eigenvalue weighted by Crippen LogP contribution is -2.44. The molecule has 0 N–H and O–H groups in total. The van der Waals surface area contributed by atoms with Gasteiger partial charge in [0.25, 0.3) is 0 Å². The average Bonchev–Trinajstić information content (AvgIpc) is 3.24. The summed E-state index contributed by atoms with van der Waals surface area (Å²) in [5.41, 5.74) is 0. The predicted octanol–water partition coefficient (Wildman–Crippen LogP) is 12.3. The van der Waals surface area contributed by atoms with Crippen LogP contribution in [-0.2, 0) is 33.3 Å². The van der Waals surface area contributed by atoms with E-state index in [1.165, 1.54) is 44.9 Å². The van der Waals surface area contributed by atoms with Gasteiger partial charge in [-0.1, -0.05) is 163 Å². The number of allylic oxidation sites excluding steroid dienone is 14. The number of likely N-dealkylation sites (N-methyl/N-ethyl adjacent to an activating group) is 1. The van der Waals surface area contributed by atoms with Crippen LogP contribution in [0.15, 0.2) is 85.1 Å². The number of hydrogen-bond donors (Lipinski definition) is 0. The zero-order chi connectivity index (χ0) is 46.3. The van der Waals surface area contributed by atoms with Crippen LogP contribution < -0.4 is 5.11 Å². The Labute approximate surface area is 385 Å². The van der Waals surface area contributed by atoms with Gasteiger partial charge in [0.05, 0.1) is 40.3 Å². The molecule has 0 saturated carbocycles. The Kier molecular flexibility index (Phi) is 42.5. The summed E-state index contributed by atoms with van der Waals surface area (Å²) < 4.78 is 22.6. The second-order valence-electron chi connectivity index (χ2n) is 17.4. The molecule has 360 valence electrons. The molecular weight excluding hydrogens is 791 g/mol. The second-order valence-corrected chi connectivity index (χ2v) is 17.4. The van der Waals surface area contributed by atoms with Gasteiger partial charge >= 0.3 is 11.9 Å². The summed E-state index contributed by atoms with van der Waals surface area (Å²) in [4.78, 5) is 37.1. The maximum atomic E-state index is 12.8. The Morgan fingerprint density at radius 2 is 0.905 bits per heavy atom. The summed E-state index contributed by atoms with van der Waals surface area (Å²) in [6.07, 6.45) is 54.7. The topological polar surface area (TPSA) is 111 Å². The highest BCUT2D eigenvalue weighted by molar-refractivity contribution is 5.70. The average molecular weight is 882 g/mol. The number of quaternary nitrogens is 1. The van der Waals surface area contributed by atoms with Crippen LogP contribution in [0.2, 0.25) is 0 Å². The number of carbonyl (C=O) groups is 3. The maximum Gasteiger partial charge on any atom is 0.306 e. The number of esters is 2. The van der Waals surface area contributed by atoms with Crippen LogP contribution in [0.25, 0.3) is 0 Å². The minimum absolute atomic E-state index is 0.135. The van der Waals surface area contributed by atoms with Gasteiger partial charge in [-0.2, -0.15) is 0 Å². The summed E-state index contributed by atoms with van der Waals surface area (Å²) in [5.74, 6) is -2.35. The molecule has 0 aliphatic rings. The van der Waals surface area contributed by atoms with E-state index >= 15 is 0 Å². The minimum Gasteiger partial charge on any atom is -0.545 e. The standard InChI is InChI=1S/C54H91NO8/c1-6-8-10-12-14-16-18-20-22-24-25-26-27-29-30-32-34-36-38-40-42-44-51(56)61-48-50(49-62-54(53(58)59)60-47-46-55(3,4)5)63-52(57)45-43-41-39-37-35-33-31-28-23-21-19-17-15-13-11-9-7-2/h9,11,15,17-18,20-21,23-25,27,29,31,33,50,54H,6-8,10,12-14,16,19,22,26,28,30,32,34-49H2,1-5H3/b11-9-,17-15-,20-18-,23-21-,25-24-,29-27-,33-31-. The summed E-state index contributed by atoms with van der Waals surface area (Å²) in [6, 6.07) is 0. The SMILES string of the molecule is CC/C=C\C/C=C\C/C=C\C/C=C\CCCCCCC(=O)OC(COC(=O)CCCCCCCC/C=C\C/C=C\C/C=C\CCCCCCC)COC(OCC[N+](C)(C)C)C(=O)[O-]. The number of carbonyl (C=O) groups excluding carboxylic acids is 3. The van der Waals surface area contributed by atoms with E-state index in [1.54, 1.807) is 0 Å². The molecule has 0 aliphatic heterocycles. The Morgan fingerprint density at radius 3 is 1.35 bits per heavy atom. The highest BCUT2D eigenvalue weighted by Gasteiger charge is 2.21. The molecule has 0 radical (unpaired) electrons.